The molecule has 6 heteroatoms. The standard InChI is InChI=1S/C23H23N5O/c1-16(15-28-23(29)19-7-3-5-9-22(19)25-26-28)27-12-10-17(11-13-27)20-14-24-21-8-4-2-6-18(20)21/h2-10,14,16,24H,11-13,15H2,1H3. The molecule has 1 N–H and O–H groups in total. The fourth-order valence-corrected chi connectivity index (χ4v) is 4.18. The number of para-hydroxylation sites is 1. The Morgan fingerprint density at radius 1 is 1.10 bits per heavy atom. The van der Waals surface area contributed by atoms with Gasteiger partial charge < -0.3 is 4.98 Å². The van der Waals surface area contributed by atoms with E-state index in [4.69, 9.17) is 0 Å². The number of fused-ring (bicyclic) bond motifs is 2. The number of nitrogens with zero attached hydrogens (tertiary/aromatic N) is 4. The molecule has 0 saturated carbocycles. The third kappa shape index (κ3) is 3.25. The van der Waals surface area contributed by atoms with Gasteiger partial charge in [-0.05, 0) is 37.1 Å². The molecule has 0 fully saturated rings. The summed E-state index contributed by atoms with van der Waals surface area (Å²) in [4.78, 5) is 18.5. The molecule has 1 atom stereocenters. The third-order valence-corrected chi connectivity index (χ3v) is 5.87. The number of aromatic nitrogens is 4. The maximum Gasteiger partial charge on any atom is 0.277 e. The number of H-pyrrole nitrogens is 1. The Balaban J connectivity index is 1.33. The summed E-state index contributed by atoms with van der Waals surface area (Å²) in [7, 11) is 0. The molecule has 146 valence electrons. The Bertz CT molecular complexity index is 1270. The van der Waals surface area contributed by atoms with E-state index >= 15 is 0 Å². The highest BCUT2D eigenvalue weighted by molar-refractivity contribution is 5.92. The van der Waals surface area contributed by atoms with Crippen molar-refractivity contribution < 1.29 is 0 Å². The van der Waals surface area contributed by atoms with Gasteiger partial charge in [-0.2, -0.15) is 0 Å². The molecule has 0 saturated heterocycles. The van der Waals surface area contributed by atoms with Gasteiger partial charge in [0.25, 0.3) is 5.56 Å². The molecule has 5 rings (SSSR count). The molecular formula is C23H23N5O. The van der Waals surface area contributed by atoms with Gasteiger partial charge in [-0.1, -0.05) is 41.6 Å². The van der Waals surface area contributed by atoms with Crippen molar-refractivity contribution in [2.75, 3.05) is 13.1 Å². The lowest BCUT2D eigenvalue weighted by atomic mass is 9.98. The minimum atomic E-state index is -0.0746. The highest BCUT2D eigenvalue weighted by Gasteiger charge is 2.20. The molecule has 0 spiro atoms. The van der Waals surface area contributed by atoms with Crippen LogP contribution in [0.5, 0.6) is 0 Å². The monoisotopic (exact) mass is 385 g/mol. The van der Waals surface area contributed by atoms with Gasteiger partial charge >= 0.3 is 0 Å². The average Bonchev–Trinajstić information content (AvgIpc) is 3.20. The van der Waals surface area contributed by atoms with Crippen LogP contribution in [0.1, 0.15) is 18.9 Å². The molecule has 1 unspecified atom stereocenters. The predicted octanol–water partition coefficient (Wildman–Crippen LogP) is 3.45. The summed E-state index contributed by atoms with van der Waals surface area (Å²) in [6.45, 7) is 4.51. The quantitative estimate of drug-likeness (QED) is 0.584. The van der Waals surface area contributed by atoms with Crippen LogP contribution in [0.3, 0.4) is 0 Å². The van der Waals surface area contributed by atoms with Crippen molar-refractivity contribution in [3.8, 4) is 0 Å². The van der Waals surface area contributed by atoms with Crippen molar-refractivity contribution in [1.29, 1.82) is 0 Å². The van der Waals surface area contributed by atoms with Crippen LogP contribution in [-0.4, -0.2) is 44.0 Å². The molecule has 3 heterocycles. The van der Waals surface area contributed by atoms with Crippen LogP contribution in [0.2, 0.25) is 0 Å². The maximum atomic E-state index is 12.7. The summed E-state index contributed by atoms with van der Waals surface area (Å²) in [5, 5.41) is 10.2. The van der Waals surface area contributed by atoms with Crippen molar-refractivity contribution in [3.05, 3.63) is 76.7 Å². The summed E-state index contributed by atoms with van der Waals surface area (Å²) in [5.74, 6) is 0. The first-order valence-electron chi connectivity index (χ1n) is 10.0. The molecule has 4 aromatic rings. The zero-order valence-electron chi connectivity index (χ0n) is 16.4. The molecule has 2 aromatic heterocycles. The van der Waals surface area contributed by atoms with Crippen LogP contribution < -0.4 is 5.56 Å². The van der Waals surface area contributed by atoms with Crippen LogP contribution in [0.4, 0.5) is 0 Å². The summed E-state index contributed by atoms with van der Waals surface area (Å²) >= 11 is 0. The second kappa shape index (κ2) is 7.29. The van der Waals surface area contributed by atoms with Gasteiger partial charge in [-0.15, -0.1) is 5.10 Å². The Hall–Kier alpha value is -3.25. The number of hydrogen-bond donors (Lipinski definition) is 1. The first-order valence-corrected chi connectivity index (χ1v) is 10.0. The lowest BCUT2D eigenvalue weighted by Crippen LogP contribution is -2.41. The van der Waals surface area contributed by atoms with E-state index in [-0.39, 0.29) is 11.6 Å². The molecule has 1 aliphatic rings. The summed E-state index contributed by atoms with van der Waals surface area (Å²) in [6.07, 6.45) is 5.41. The smallest absolute Gasteiger partial charge is 0.277 e. The predicted molar refractivity (Wildman–Crippen MR) is 116 cm³/mol. The Kier molecular flexibility index (Phi) is 4.48. The molecule has 1 aliphatic heterocycles. The Labute approximate surface area is 168 Å². The molecular weight excluding hydrogens is 362 g/mol. The van der Waals surface area contributed by atoms with Gasteiger partial charge in [0, 0.05) is 41.8 Å². The lowest BCUT2D eigenvalue weighted by Gasteiger charge is -2.31. The number of aromatic amines is 1. The molecule has 0 bridgehead atoms. The van der Waals surface area contributed by atoms with Crippen LogP contribution in [0, 0.1) is 0 Å². The summed E-state index contributed by atoms with van der Waals surface area (Å²) in [5.41, 5.74) is 4.42. The highest BCUT2D eigenvalue weighted by atomic mass is 16.1. The second-order valence-corrected chi connectivity index (χ2v) is 7.67. The Morgan fingerprint density at radius 3 is 2.72 bits per heavy atom. The van der Waals surface area contributed by atoms with E-state index in [1.807, 2.05) is 24.3 Å². The van der Waals surface area contributed by atoms with Gasteiger partial charge in [-0.25, -0.2) is 4.68 Å². The highest BCUT2D eigenvalue weighted by Crippen LogP contribution is 2.29. The van der Waals surface area contributed by atoms with Gasteiger partial charge in [0.2, 0.25) is 0 Å². The molecule has 0 amide bonds. The van der Waals surface area contributed by atoms with Crippen LogP contribution in [0.15, 0.2) is 65.6 Å². The number of hydrogen-bond acceptors (Lipinski definition) is 4. The second-order valence-electron chi connectivity index (χ2n) is 7.67. The van der Waals surface area contributed by atoms with Crippen molar-refractivity contribution in [1.82, 2.24) is 24.9 Å². The summed E-state index contributed by atoms with van der Waals surface area (Å²) < 4.78 is 1.49. The molecule has 2 aromatic carbocycles. The fourth-order valence-electron chi connectivity index (χ4n) is 4.18. The zero-order valence-corrected chi connectivity index (χ0v) is 16.4. The number of rotatable bonds is 4. The van der Waals surface area contributed by atoms with E-state index in [0.29, 0.717) is 17.4 Å². The minimum absolute atomic E-state index is 0.0746. The first kappa shape index (κ1) is 17.8. The van der Waals surface area contributed by atoms with E-state index in [1.165, 1.54) is 26.7 Å². The van der Waals surface area contributed by atoms with Crippen LogP contribution >= 0.6 is 0 Å². The zero-order chi connectivity index (χ0) is 19.8. The van der Waals surface area contributed by atoms with Crippen LogP contribution in [-0.2, 0) is 6.54 Å². The number of benzene rings is 2. The number of nitrogens with one attached hydrogen (secondary N) is 1. The fraction of sp³-hybridized carbons (Fsp3) is 0.261. The van der Waals surface area contributed by atoms with E-state index in [1.54, 1.807) is 0 Å². The van der Waals surface area contributed by atoms with E-state index in [0.717, 1.165) is 19.5 Å². The molecule has 0 aliphatic carbocycles. The van der Waals surface area contributed by atoms with Gasteiger partial charge in [0.1, 0.15) is 5.52 Å². The third-order valence-electron chi connectivity index (χ3n) is 5.87. The lowest BCUT2D eigenvalue weighted by molar-refractivity contribution is 0.202. The van der Waals surface area contributed by atoms with Crippen molar-refractivity contribution >= 4 is 27.4 Å². The van der Waals surface area contributed by atoms with Crippen molar-refractivity contribution in [2.45, 2.75) is 25.9 Å². The van der Waals surface area contributed by atoms with Gasteiger partial charge in [0.15, 0.2) is 0 Å². The normalized spacial score (nSPS) is 16.2. The van der Waals surface area contributed by atoms with Gasteiger partial charge in [0.05, 0.1) is 11.9 Å². The van der Waals surface area contributed by atoms with E-state index < -0.39 is 0 Å². The first-order chi connectivity index (χ1) is 14.2. The SMILES string of the molecule is CC(Cn1nnc2ccccc2c1=O)N1CC=C(c2c[nH]c3ccccc23)CC1. The van der Waals surface area contributed by atoms with E-state index in [9.17, 15) is 4.79 Å². The Morgan fingerprint density at radius 2 is 1.90 bits per heavy atom. The van der Waals surface area contributed by atoms with E-state index in [2.05, 4.69) is 63.7 Å². The molecule has 0 radical (unpaired) electrons. The molecule has 29 heavy (non-hydrogen) atoms. The largest absolute Gasteiger partial charge is 0.361 e. The van der Waals surface area contributed by atoms with Crippen LogP contribution in [0.25, 0.3) is 27.4 Å². The van der Waals surface area contributed by atoms with Crippen molar-refractivity contribution in [2.24, 2.45) is 0 Å². The van der Waals surface area contributed by atoms with Gasteiger partial charge in [-0.3, -0.25) is 9.69 Å². The molecule has 6 nitrogen and oxygen atoms in total. The minimum Gasteiger partial charge on any atom is -0.361 e. The summed E-state index contributed by atoms with van der Waals surface area (Å²) in [6, 6.07) is 16.0. The van der Waals surface area contributed by atoms with Crippen molar-refractivity contribution in [3.63, 3.8) is 0 Å². The maximum absolute atomic E-state index is 12.7. The topological polar surface area (TPSA) is 66.8 Å². The average molecular weight is 385 g/mol.